The lowest BCUT2D eigenvalue weighted by atomic mass is 10.2. The van der Waals surface area contributed by atoms with E-state index in [1.165, 1.54) is 10.3 Å². The van der Waals surface area contributed by atoms with Gasteiger partial charge in [0, 0.05) is 26.2 Å². The molecule has 0 atom stereocenters. The van der Waals surface area contributed by atoms with Crippen LogP contribution in [0.3, 0.4) is 0 Å². The molecule has 1 aliphatic rings. The van der Waals surface area contributed by atoms with Gasteiger partial charge in [0.25, 0.3) is 0 Å². The highest BCUT2D eigenvalue weighted by Crippen LogP contribution is 2.31. The van der Waals surface area contributed by atoms with Crippen LogP contribution in [0, 0.1) is 6.92 Å². The summed E-state index contributed by atoms with van der Waals surface area (Å²) in [4.78, 5) is 20.0. The lowest BCUT2D eigenvalue weighted by molar-refractivity contribution is -0.134. The van der Waals surface area contributed by atoms with Gasteiger partial charge in [-0.2, -0.15) is 0 Å². The van der Waals surface area contributed by atoms with E-state index in [9.17, 15) is 4.79 Å². The van der Waals surface area contributed by atoms with E-state index in [1.807, 2.05) is 12.1 Å². The summed E-state index contributed by atoms with van der Waals surface area (Å²) >= 11 is 1.71. The van der Waals surface area contributed by atoms with E-state index in [2.05, 4.69) is 22.9 Å². The van der Waals surface area contributed by atoms with Crippen molar-refractivity contribution in [2.75, 3.05) is 37.7 Å². The molecule has 1 aromatic heterocycles. The van der Waals surface area contributed by atoms with Gasteiger partial charge in [0.2, 0.25) is 5.91 Å². The minimum Gasteiger partial charge on any atom is -0.387 e. The molecule has 1 amide bonds. The summed E-state index contributed by atoms with van der Waals surface area (Å²) in [5.41, 5.74) is 2.29. The Labute approximate surface area is 121 Å². The predicted octanol–water partition coefficient (Wildman–Crippen LogP) is 1.25. The van der Waals surface area contributed by atoms with Crippen LogP contribution in [0.5, 0.6) is 0 Å². The van der Waals surface area contributed by atoms with Crippen molar-refractivity contribution in [2.45, 2.75) is 6.92 Å². The number of amides is 1. The molecular formula is C14H17N3O2S. The Morgan fingerprint density at radius 1 is 1.35 bits per heavy atom. The predicted molar refractivity (Wildman–Crippen MR) is 80.2 cm³/mol. The van der Waals surface area contributed by atoms with Crippen molar-refractivity contribution < 1.29 is 9.90 Å². The summed E-state index contributed by atoms with van der Waals surface area (Å²) in [5.74, 6) is -0.190. The van der Waals surface area contributed by atoms with Gasteiger partial charge in [-0.25, -0.2) is 4.98 Å². The third kappa shape index (κ3) is 2.36. The number of carbonyl (C=O) groups excluding carboxylic acids is 1. The number of aromatic nitrogens is 1. The van der Waals surface area contributed by atoms with Gasteiger partial charge < -0.3 is 14.9 Å². The Morgan fingerprint density at radius 2 is 2.10 bits per heavy atom. The molecule has 0 aliphatic carbocycles. The zero-order chi connectivity index (χ0) is 14.1. The summed E-state index contributed by atoms with van der Waals surface area (Å²) in [6, 6.07) is 6.16. The smallest absolute Gasteiger partial charge is 0.248 e. The highest BCUT2D eigenvalue weighted by molar-refractivity contribution is 7.22. The maximum atomic E-state index is 11.4. The van der Waals surface area contributed by atoms with Crippen LogP contribution in [-0.2, 0) is 4.79 Å². The molecule has 1 saturated heterocycles. The topological polar surface area (TPSA) is 56.7 Å². The van der Waals surface area contributed by atoms with Crippen LogP contribution in [0.25, 0.3) is 10.2 Å². The van der Waals surface area contributed by atoms with E-state index >= 15 is 0 Å². The van der Waals surface area contributed by atoms with Crippen LogP contribution >= 0.6 is 11.3 Å². The molecule has 2 heterocycles. The standard InChI is InChI=1S/C14H17N3O2S/c1-10-3-2-4-11-13(10)20-14(15-11)17-7-5-16(6-8-17)12(19)9-18/h2-4,18H,5-9H2,1H3. The third-order valence-corrected chi connectivity index (χ3v) is 4.91. The third-order valence-electron chi connectivity index (χ3n) is 3.64. The first-order chi connectivity index (χ1) is 9.69. The second kappa shape index (κ2) is 5.38. The molecule has 0 spiro atoms. The Kier molecular flexibility index (Phi) is 3.58. The molecule has 1 aliphatic heterocycles. The first kappa shape index (κ1) is 13.3. The molecule has 0 unspecified atom stereocenters. The van der Waals surface area contributed by atoms with Gasteiger partial charge in [-0.3, -0.25) is 4.79 Å². The van der Waals surface area contributed by atoms with Crippen LogP contribution in [-0.4, -0.2) is 53.7 Å². The van der Waals surface area contributed by atoms with Crippen LogP contribution in [0.2, 0.25) is 0 Å². The fourth-order valence-corrected chi connectivity index (χ4v) is 3.54. The zero-order valence-corrected chi connectivity index (χ0v) is 12.2. The molecule has 3 rings (SSSR count). The van der Waals surface area contributed by atoms with Crippen LogP contribution in [0.4, 0.5) is 5.13 Å². The summed E-state index contributed by atoms with van der Waals surface area (Å²) in [6.07, 6.45) is 0. The molecule has 0 bridgehead atoms. The quantitative estimate of drug-likeness (QED) is 0.904. The second-order valence-electron chi connectivity index (χ2n) is 4.95. The van der Waals surface area contributed by atoms with Crippen molar-refractivity contribution in [1.29, 1.82) is 0 Å². The second-order valence-corrected chi connectivity index (χ2v) is 5.92. The summed E-state index contributed by atoms with van der Waals surface area (Å²) in [5, 5.41) is 9.90. The number of benzene rings is 1. The van der Waals surface area contributed by atoms with E-state index in [0.717, 1.165) is 23.7 Å². The van der Waals surface area contributed by atoms with E-state index < -0.39 is 6.61 Å². The SMILES string of the molecule is Cc1cccc2nc(N3CCN(C(=O)CO)CC3)sc12. The van der Waals surface area contributed by atoms with E-state index in [0.29, 0.717) is 13.1 Å². The fraction of sp³-hybridized carbons (Fsp3) is 0.429. The number of carbonyl (C=O) groups is 1. The zero-order valence-electron chi connectivity index (χ0n) is 11.4. The Bertz CT molecular complexity index is 632. The Balaban J connectivity index is 1.77. The average Bonchev–Trinajstić information content (AvgIpc) is 2.92. The number of anilines is 1. The highest BCUT2D eigenvalue weighted by Gasteiger charge is 2.22. The molecule has 5 nitrogen and oxygen atoms in total. The minimum absolute atomic E-state index is 0.190. The number of rotatable bonds is 2. The lowest BCUT2D eigenvalue weighted by Gasteiger charge is -2.34. The monoisotopic (exact) mass is 291 g/mol. The van der Waals surface area contributed by atoms with Gasteiger partial charge in [-0.1, -0.05) is 23.5 Å². The molecule has 0 saturated carbocycles. The number of hydrogen-bond acceptors (Lipinski definition) is 5. The summed E-state index contributed by atoms with van der Waals surface area (Å²) in [7, 11) is 0. The maximum Gasteiger partial charge on any atom is 0.248 e. The number of aliphatic hydroxyl groups is 1. The molecule has 6 heteroatoms. The van der Waals surface area contributed by atoms with Gasteiger partial charge in [-0.05, 0) is 18.6 Å². The van der Waals surface area contributed by atoms with Gasteiger partial charge in [-0.15, -0.1) is 0 Å². The first-order valence-corrected chi connectivity index (χ1v) is 7.50. The van der Waals surface area contributed by atoms with Crippen molar-refractivity contribution >= 4 is 32.6 Å². The highest BCUT2D eigenvalue weighted by atomic mass is 32.1. The first-order valence-electron chi connectivity index (χ1n) is 6.69. The van der Waals surface area contributed by atoms with Crippen molar-refractivity contribution in [3.63, 3.8) is 0 Å². The molecule has 20 heavy (non-hydrogen) atoms. The molecule has 1 fully saturated rings. The number of hydrogen-bond donors (Lipinski definition) is 1. The number of fused-ring (bicyclic) bond motifs is 1. The number of aliphatic hydroxyl groups excluding tert-OH is 1. The largest absolute Gasteiger partial charge is 0.387 e. The minimum atomic E-state index is -0.402. The van der Waals surface area contributed by atoms with Gasteiger partial charge >= 0.3 is 0 Å². The van der Waals surface area contributed by atoms with Crippen molar-refractivity contribution in [1.82, 2.24) is 9.88 Å². The van der Waals surface area contributed by atoms with Crippen LogP contribution in [0.15, 0.2) is 18.2 Å². The molecular weight excluding hydrogens is 274 g/mol. The summed E-state index contributed by atoms with van der Waals surface area (Å²) < 4.78 is 1.23. The van der Waals surface area contributed by atoms with E-state index in [1.54, 1.807) is 16.2 Å². The van der Waals surface area contributed by atoms with Crippen LogP contribution in [0.1, 0.15) is 5.56 Å². The Hall–Kier alpha value is -1.66. The van der Waals surface area contributed by atoms with E-state index in [-0.39, 0.29) is 5.91 Å². The van der Waals surface area contributed by atoms with Gasteiger partial charge in [0.15, 0.2) is 5.13 Å². The number of nitrogens with zero attached hydrogens (tertiary/aromatic N) is 3. The summed E-state index contributed by atoms with van der Waals surface area (Å²) in [6.45, 7) is 4.53. The lowest BCUT2D eigenvalue weighted by Crippen LogP contribution is -2.49. The number of thiazole rings is 1. The van der Waals surface area contributed by atoms with Crippen LogP contribution < -0.4 is 4.90 Å². The van der Waals surface area contributed by atoms with Gasteiger partial charge in [0.05, 0.1) is 10.2 Å². The maximum absolute atomic E-state index is 11.4. The molecule has 1 N–H and O–H groups in total. The van der Waals surface area contributed by atoms with Crippen molar-refractivity contribution in [2.24, 2.45) is 0 Å². The van der Waals surface area contributed by atoms with Gasteiger partial charge in [0.1, 0.15) is 6.61 Å². The molecule has 2 aromatic rings. The normalized spacial score (nSPS) is 15.9. The number of piperazine rings is 1. The number of aryl methyl sites for hydroxylation is 1. The Morgan fingerprint density at radius 3 is 2.75 bits per heavy atom. The molecule has 0 radical (unpaired) electrons. The molecule has 106 valence electrons. The van der Waals surface area contributed by atoms with E-state index in [4.69, 9.17) is 5.11 Å². The van der Waals surface area contributed by atoms with Crippen molar-refractivity contribution in [3.8, 4) is 0 Å². The average molecular weight is 291 g/mol. The molecule has 1 aromatic carbocycles. The van der Waals surface area contributed by atoms with Crippen molar-refractivity contribution in [3.05, 3.63) is 23.8 Å². The fourth-order valence-electron chi connectivity index (χ4n) is 2.46.